The summed E-state index contributed by atoms with van der Waals surface area (Å²) in [4.78, 5) is 14.3. The maximum absolute atomic E-state index is 4.76. The average Bonchev–Trinajstić information content (AvgIpc) is 2.75. The van der Waals surface area contributed by atoms with E-state index < -0.39 is 0 Å². The number of rotatable bonds is 1. The van der Waals surface area contributed by atoms with E-state index in [4.69, 9.17) is 9.98 Å². The molecule has 0 atom stereocenters. The van der Waals surface area contributed by atoms with Gasteiger partial charge in [-0.05, 0) is 49.9 Å². The fourth-order valence-corrected chi connectivity index (χ4v) is 5.18. The third kappa shape index (κ3) is 2.85. The molecule has 30 heavy (non-hydrogen) atoms. The van der Waals surface area contributed by atoms with E-state index in [1.54, 1.807) is 0 Å². The zero-order valence-electron chi connectivity index (χ0n) is 17.8. The Bertz CT molecular complexity index is 1010. The van der Waals surface area contributed by atoms with Crippen molar-refractivity contribution in [3.63, 3.8) is 0 Å². The van der Waals surface area contributed by atoms with Crippen LogP contribution < -0.4 is 10.6 Å². The van der Waals surface area contributed by atoms with Crippen LogP contribution in [0.15, 0.2) is 34.3 Å². The van der Waals surface area contributed by atoms with Gasteiger partial charge in [-0.25, -0.2) is 0 Å². The molecule has 0 aromatic heterocycles. The average molecular weight is 401 g/mol. The van der Waals surface area contributed by atoms with Crippen molar-refractivity contribution >= 4 is 23.3 Å². The highest BCUT2D eigenvalue weighted by Gasteiger charge is 2.29. The third-order valence-electron chi connectivity index (χ3n) is 6.51. The van der Waals surface area contributed by atoms with Gasteiger partial charge in [-0.15, -0.1) is 0 Å². The molecule has 0 saturated heterocycles. The van der Waals surface area contributed by atoms with Gasteiger partial charge in [-0.1, -0.05) is 23.3 Å². The first-order valence-electron chi connectivity index (χ1n) is 11.1. The summed E-state index contributed by atoms with van der Waals surface area (Å²) in [5.41, 5.74) is 10.2. The Kier molecular flexibility index (Phi) is 4.01. The molecule has 4 heterocycles. The maximum Gasteiger partial charge on any atom is 0.198 e. The SMILES string of the molecule is Cc1cc2c(c(-c3cc(C)cc4c3NC3=NCCCN3C4)c1)NC1=NCCCN1C2. The Hall–Kier alpha value is -3.02. The smallest absolute Gasteiger partial charge is 0.198 e. The summed E-state index contributed by atoms with van der Waals surface area (Å²) < 4.78 is 0. The van der Waals surface area contributed by atoms with Crippen LogP contribution in [0.1, 0.15) is 35.1 Å². The van der Waals surface area contributed by atoms with E-state index in [0.717, 1.165) is 64.0 Å². The van der Waals surface area contributed by atoms with Gasteiger partial charge in [0.2, 0.25) is 0 Å². The van der Waals surface area contributed by atoms with E-state index in [0.29, 0.717) is 0 Å². The summed E-state index contributed by atoms with van der Waals surface area (Å²) in [6.45, 7) is 10.2. The molecule has 6 heteroatoms. The molecule has 4 aliphatic rings. The number of hydrogen-bond acceptors (Lipinski definition) is 6. The van der Waals surface area contributed by atoms with Gasteiger partial charge in [0.05, 0.1) is 11.4 Å². The van der Waals surface area contributed by atoms with E-state index in [1.165, 1.54) is 44.8 Å². The lowest BCUT2D eigenvalue weighted by atomic mass is 9.91. The van der Waals surface area contributed by atoms with Gasteiger partial charge >= 0.3 is 0 Å². The standard InChI is InChI=1S/C24H28N6/c1-15-9-17-13-29-7-3-5-25-23(29)27-21(17)19(11-15)20-12-16(2)10-18-14-30-8-4-6-26-24(30)28-22(18)20/h9-12H,3-8,13-14H2,1-2H3,(H,25,27)(H,26,28). The highest BCUT2D eigenvalue weighted by Crippen LogP contribution is 2.42. The maximum atomic E-state index is 4.76. The summed E-state index contributed by atoms with van der Waals surface area (Å²) in [6, 6.07) is 9.27. The molecule has 154 valence electrons. The van der Waals surface area contributed by atoms with Crippen LogP contribution in [0.5, 0.6) is 0 Å². The van der Waals surface area contributed by atoms with Crippen LogP contribution in [0.3, 0.4) is 0 Å². The summed E-state index contributed by atoms with van der Waals surface area (Å²) >= 11 is 0. The predicted octanol–water partition coefficient (Wildman–Crippen LogP) is 3.94. The fraction of sp³-hybridized carbons (Fsp3) is 0.417. The third-order valence-corrected chi connectivity index (χ3v) is 6.51. The molecule has 2 aromatic carbocycles. The molecule has 2 aromatic rings. The number of aryl methyl sites for hydroxylation is 2. The van der Waals surface area contributed by atoms with Gasteiger partial charge in [0.25, 0.3) is 0 Å². The zero-order chi connectivity index (χ0) is 20.2. The topological polar surface area (TPSA) is 55.3 Å². The molecule has 2 N–H and O–H groups in total. The number of aliphatic imine (C=N–C) groups is 2. The van der Waals surface area contributed by atoms with E-state index in [-0.39, 0.29) is 0 Å². The van der Waals surface area contributed by atoms with Crippen molar-refractivity contribution in [3.05, 3.63) is 46.5 Å². The molecule has 6 nitrogen and oxygen atoms in total. The lowest BCUT2D eigenvalue weighted by Gasteiger charge is -2.38. The molecule has 0 saturated carbocycles. The first-order chi connectivity index (χ1) is 14.7. The molecule has 0 spiro atoms. The van der Waals surface area contributed by atoms with Crippen molar-refractivity contribution in [2.45, 2.75) is 39.8 Å². The van der Waals surface area contributed by atoms with Crippen LogP contribution in [0.2, 0.25) is 0 Å². The van der Waals surface area contributed by atoms with Crippen molar-refractivity contribution in [2.24, 2.45) is 9.98 Å². The number of nitrogens with one attached hydrogen (secondary N) is 2. The highest BCUT2D eigenvalue weighted by atomic mass is 15.3. The minimum atomic E-state index is 0.909. The van der Waals surface area contributed by atoms with E-state index in [1.807, 2.05) is 0 Å². The molecule has 0 radical (unpaired) electrons. The van der Waals surface area contributed by atoms with Crippen LogP contribution in [0.4, 0.5) is 11.4 Å². The van der Waals surface area contributed by atoms with Crippen LogP contribution in [0, 0.1) is 13.8 Å². The number of guanidine groups is 2. The quantitative estimate of drug-likeness (QED) is 0.761. The Morgan fingerprint density at radius 1 is 0.700 bits per heavy atom. The van der Waals surface area contributed by atoms with Crippen LogP contribution in [-0.4, -0.2) is 47.9 Å². The van der Waals surface area contributed by atoms with Gasteiger partial charge in [-0.2, -0.15) is 0 Å². The highest BCUT2D eigenvalue weighted by molar-refractivity contribution is 6.06. The van der Waals surface area contributed by atoms with Crippen LogP contribution >= 0.6 is 0 Å². The number of nitrogens with zero attached hydrogens (tertiary/aromatic N) is 4. The minimum absolute atomic E-state index is 0.909. The molecular formula is C24H28N6. The van der Waals surface area contributed by atoms with Gasteiger partial charge in [-0.3, -0.25) is 9.98 Å². The molecule has 4 aliphatic heterocycles. The molecule has 0 fully saturated rings. The number of fused-ring (bicyclic) bond motifs is 4. The number of anilines is 2. The second-order valence-corrected chi connectivity index (χ2v) is 8.90. The van der Waals surface area contributed by atoms with Gasteiger partial charge in [0, 0.05) is 50.4 Å². The molecule has 0 amide bonds. The summed E-state index contributed by atoms with van der Waals surface area (Å²) in [6.07, 6.45) is 2.26. The van der Waals surface area contributed by atoms with Crippen molar-refractivity contribution in [3.8, 4) is 11.1 Å². The number of benzene rings is 2. The summed E-state index contributed by atoms with van der Waals surface area (Å²) in [5, 5.41) is 7.37. The van der Waals surface area contributed by atoms with E-state index in [9.17, 15) is 0 Å². The van der Waals surface area contributed by atoms with Gasteiger partial charge in [0.15, 0.2) is 11.9 Å². The van der Waals surface area contributed by atoms with Crippen molar-refractivity contribution in [1.29, 1.82) is 0 Å². The normalized spacial score (nSPS) is 19.4. The Morgan fingerprint density at radius 2 is 1.17 bits per heavy atom. The predicted molar refractivity (Wildman–Crippen MR) is 123 cm³/mol. The van der Waals surface area contributed by atoms with Gasteiger partial charge < -0.3 is 20.4 Å². The Morgan fingerprint density at radius 3 is 1.63 bits per heavy atom. The first kappa shape index (κ1) is 17.8. The zero-order valence-corrected chi connectivity index (χ0v) is 17.8. The van der Waals surface area contributed by atoms with E-state index in [2.05, 4.69) is 58.5 Å². The first-order valence-corrected chi connectivity index (χ1v) is 11.1. The Labute approximate surface area is 177 Å². The molecule has 0 bridgehead atoms. The molecular weight excluding hydrogens is 372 g/mol. The number of hydrogen-bond donors (Lipinski definition) is 2. The summed E-state index contributed by atoms with van der Waals surface area (Å²) in [7, 11) is 0. The lowest BCUT2D eigenvalue weighted by molar-refractivity contribution is 0.381. The lowest BCUT2D eigenvalue weighted by Crippen LogP contribution is -2.44. The van der Waals surface area contributed by atoms with Crippen LogP contribution in [-0.2, 0) is 13.1 Å². The fourth-order valence-electron chi connectivity index (χ4n) is 5.18. The van der Waals surface area contributed by atoms with E-state index >= 15 is 0 Å². The molecule has 0 aliphatic carbocycles. The van der Waals surface area contributed by atoms with Gasteiger partial charge in [0.1, 0.15) is 0 Å². The summed E-state index contributed by atoms with van der Waals surface area (Å²) in [5.74, 6) is 2.05. The Balaban J connectivity index is 1.52. The second-order valence-electron chi connectivity index (χ2n) is 8.90. The minimum Gasteiger partial charge on any atom is -0.338 e. The second kappa shape index (κ2) is 6.76. The van der Waals surface area contributed by atoms with Crippen molar-refractivity contribution < 1.29 is 0 Å². The molecule has 6 rings (SSSR count). The molecule has 0 unspecified atom stereocenters. The van der Waals surface area contributed by atoms with Crippen LogP contribution in [0.25, 0.3) is 11.1 Å². The van der Waals surface area contributed by atoms with Crippen molar-refractivity contribution in [2.75, 3.05) is 36.8 Å². The largest absolute Gasteiger partial charge is 0.338 e. The monoisotopic (exact) mass is 400 g/mol. The van der Waals surface area contributed by atoms with Crippen molar-refractivity contribution in [1.82, 2.24) is 9.80 Å².